The van der Waals surface area contributed by atoms with Gasteiger partial charge in [0.1, 0.15) is 11.6 Å². The van der Waals surface area contributed by atoms with Gasteiger partial charge in [-0.2, -0.15) is 4.31 Å². The lowest BCUT2D eigenvalue weighted by Crippen LogP contribution is -2.41. The smallest absolute Gasteiger partial charge is 0.243 e. The third-order valence-corrected chi connectivity index (χ3v) is 6.82. The van der Waals surface area contributed by atoms with Crippen LogP contribution in [0.15, 0.2) is 89.1 Å². The highest BCUT2D eigenvalue weighted by Gasteiger charge is 2.34. The first-order valence-corrected chi connectivity index (χ1v) is 11.1. The van der Waals surface area contributed by atoms with E-state index in [0.717, 1.165) is 16.4 Å². The van der Waals surface area contributed by atoms with Crippen molar-refractivity contribution in [3.05, 3.63) is 107 Å². The molecule has 0 N–H and O–H groups in total. The monoisotopic (exact) mass is 452 g/mol. The Labute approximate surface area is 184 Å². The fourth-order valence-electron chi connectivity index (χ4n) is 3.37. The van der Waals surface area contributed by atoms with E-state index in [0.29, 0.717) is 5.56 Å². The molecule has 0 atom stereocenters. The van der Waals surface area contributed by atoms with Crippen LogP contribution in [0.5, 0.6) is 0 Å². The van der Waals surface area contributed by atoms with Gasteiger partial charge in [-0.05, 0) is 60.2 Å². The van der Waals surface area contributed by atoms with Crippen molar-refractivity contribution in [2.75, 3.05) is 13.1 Å². The van der Waals surface area contributed by atoms with Crippen molar-refractivity contribution >= 4 is 28.0 Å². The van der Waals surface area contributed by atoms with Crippen LogP contribution in [0.1, 0.15) is 11.1 Å². The van der Waals surface area contributed by atoms with Crippen LogP contribution in [0, 0.1) is 11.6 Å². The van der Waals surface area contributed by atoms with Gasteiger partial charge in [0.25, 0.3) is 0 Å². The summed E-state index contributed by atoms with van der Waals surface area (Å²) in [6.07, 6.45) is 6.07. The van der Waals surface area contributed by atoms with Gasteiger partial charge < -0.3 is 0 Å². The SMILES string of the molecule is O=C1/C(=C/c2ccncc2)CN(S(=O)(=O)c2ccc(F)cc2)C/C1=C\c1ccccc1F. The number of carbonyl (C=O) groups excluding carboxylic acids is 1. The maximum absolute atomic E-state index is 14.2. The topological polar surface area (TPSA) is 67.3 Å². The van der Waals surface area contributed by atoms with Crippen LogP contribution in [0.2, 0.25) is 0 Å². The summed E-state index contributed by atoms with van der Waals surface area (Å²) >= 11 is 0. The van der Waals surface area contributed by atoms with E-state index >= 15 is 0 Å². The molecular formula is C24H18F2N2O3S. The zero-order valence-electron chi connectivity index (χ0n) is 16.8. The molecule has 0 bridgehead atoms. The van der Waals surface area contributed by atoms with Gasteiger partial charge >= 0.3 is 0 Å². The highest BCUT2D eigenvalue weighted by molar-refractivity contribution is 7.89. The molecular weight excluding hydrogens is 434 g/mol. The normalized spacial score (nSPS) is 17.8. The number of nitrogens with zero attached hydrogens (tertiary/aromatic N) is 2. The average Bonchev–Trinajstić information content (AvgIpc) is 2.79. The molecule has 4 rings (SSSR count). The summed E-state index contributed by atoms with van der Waals surface area (Å²) in [5, 5.41) is 0. The number of pyridine rings is 1. The molecule has 3 aromatic rings. The average molecular weight is 452 g/mol. The number of aromatic nitrogens is 1. The Morgan fingerprint density at radius 2 is 1.47 bits per heavy atom. The van der Waals surface area contributed by atoms with Gasteiger partial charge in [0.05, 0.1) is 4.90 Å². The summed E-state index contributed by atoms with van der Waals surface area (Å²) in [5.74, 6) is -1.45. The van der Waals surface area contributed by atoms with Crippen LogP contribution in [0.4, 0.5) is 8.78 Å². The van der Waals surface area contributed by atoms with Crippen molar-refractivity contribution in [1.82, 2.24) is 9.29 Å². The van der Waals surface area contributed by atoms with E-state index in [1.807, 2.05) is 0 Å². The van der Waals surface area contributed by atoms with Gasteiger partial charge in [-0.3, -0.25) is 9.78 Å². The highest BCUT2D eigenvalue weighted by atomic mass is 32.2. The summed E-state index contributed by atoms with van der Waals surface area (Å²) in [5.41, 5.74) is 1.22. The van der Waals surface area contributed by atoms with Gasteiger partial charge in [0.2, 0.25) is 10.0 Å². The molecule has 1 aliphatic heterocycles. The number of sulfonamides is 1. The van der Waals surface area contributed by atoms with E-state index in [1.54, 1.807) is 36.7 Å². The number of benzene rings is 2. The molecule has 0 amide bonds. The molecule has 1 fully saturated rings. The van der Waals surface area contributed by atoms with Gasteiger partial charge in [0.15, 0.2) is 5.78 Å². The zero-order valence-corrected chi connectivity index (χ0v) is 17.6. The second kappa shape index (κ2) is 8.94. The summed E-state index contributed by atoms with van der Waals surface area (Å²) in [6.45, 7) is -0.407. The molecule has 5 nitrogen and oxygen atoms in total. The molecule has 0 saturated carbocycles. The molecule has 0 aliphatic carbocycles. The van der Waals surface area contributed by atoms with E-state index in [1.165, 1.54) is 36.4 Å². The number of Topliss-reactive ketones (excluding diaryl/α,β-unsaturated/α-hetero) is 1. The Morgan fingerprint density at radius 3 is 2.12 bits per heavy atom. The van der Waals surface area contributed by atoms with E-state index in [-0.39, 0.29) is 40.5 Å². The van der Waals surface area contributed by atoms with Crippen molar-refractivity contribution in [2.24, 2.45) is 0 Å². The fraction of sp³-hybridized carbons (Fsp3) is 0.0833. The lowest BCUT2D eigenvalue weighted by atomic mass is 9.95. The fourth-order valence-corrected chi connectivity index (χ4v) is 4.77. The zero-order chi connectivity index (χ0) is 22.7. The van der Waals surface area contributed by atoms with Crippen LogP contribution in [-0.4, -0.2) is 36.6 Å². The van der Waals surface area contributed by atoms with Crippen molar-refractivity contribution in [3.63, 3.8) is 0 Å². The minimum absolute atomic E-state index is 0.0956. The summed E-state index contributed by atoms with van der Waals surface area (Å²) < 4.78 is 55.1. The van der Waals surface area contributed by atoms with E-state index in [2.05, 4.69) is 4.98 Å². The molecule has 0 unspecified atom stereocenters. The second-order valence-corrected chi connectivity index (χ2v) is 9.14. The van der Waals surface area contributed by atoms with Crippen molar-refractivity contribution < 1.29 is 22.0 Å². The van der Waals surface area contributed by atoms with E-state index < -0.39 is 21.7 Å². The Morgan fingerprint density at radius 1 is 0.844 bits per heavy atom. The molecule has 162 valence electrons. The molecule has 0 spiro atoms. The number of hydrogen-bond acceptors (Lipinski definition) is 4. The van der Waals surface area contributed by atoms with E-state index in [9.17, 15) is 22.0 Å². The number of ketones is 1. The lowest BCUT2D eigenvalue weighted by molar-refractivity contribution is -0.113. The maximum Gasteiger partial charge on any atom is 0.243 e. The van der Waals surface area contributed by atoms with Gasteiger partial charge in [-0.1, -0.05) is 18.2 Å². The van der Waals surface area contributed by atoms with Crippen LogP contribution >= 0.6 is 0 Å². The predicted octanol–water partition coefficient (Wildman–Crippen LogP) is 4.10. The molecule has 1 aliphatic rings. The third kappa shape index (κ3) is 4.56. The van der Waals surface area contributed by atoms with Crippen LogP contribution in [0.3, 0.4) is 0 Å². The predicted molar refractivity (Wildman–Crippen MR) is 117 cm³/mol. The summed E-state index contributed by atoms with van der Waals surface area (Å²) in [4.78, 5) is 17.0. The largest absolute Gasteiger partial charge is 0.289 e. The lowest BCUT2D eigenvalue weighted by Gasteiger charge is -2.29. The second-order valence-electron chi connectivity index (χ2n) is 7.20. The standard InChI is InChI=1S/C24H18F2N2O3S/c25-21-5-7-22(8-6-21)32(30,31)28-15-19(13-17-9-11-27-12-10-17)24(29)20(16-28)14-18-3-1-2-4-23(18)26/h1-14H,15-16H2/b19-13+,20-14+. The van der Waals surface area contributed by atoms with Crippen molar-refractivity contribution in [2.45, 2.75) is 4.90 Å². The van der Waals surface area contributed by atoms with Crippen molar-refractivity contribution in [3.8, 4) is 0 Å². The number of halogens is 2. The molecule has 1 saturated heterocycles. The number of piperidine rings is 1. The maximum atomic E-state index is 14.2. The number of rotatable bonds is 4. The van der Waals surface area contributed by atoms with Gasteiger partial charge in [-0.15, -0.1) is 0 Å². The Hall–Kier alpha value is -3.49. The molecule has 32 heavy (non-hydrogen) atoms. The first-order chi connectivity index (χ1) is 15.3. The minimum Gasteiger partial charge on any atom is -0.289 e. The molecule has 2 aromatic carbocycles. The van der Waals surface area contributed by atoms with Crippen molar-refractivity contribution in [1.29, 1.82) is 0 Å². The minimum atomic E-state index is -4.04. The number of carbonyl (C=O) groups is 1. The van der Waals surface area contributed by atoms with Crippen LogP contribution < -0.4 is 0 Å². The molecule has 2 heterocycles. The highest BCUT2D eigenvalue weighted by Crippen LogP contribution is 2.27. The molecule has 0 radical (unpaired) electrons. The molecule has 8 heteroatoms. The Bertz CT molecular complexity index is 1320. The Balaban J connectivity index is 1.79. The quantitative estimate of drug-likeness (QED) is 0.559. The van der Waals surface area contributed by atoms with Gasteiger partial charge in [-0.25, -0.2) is 17.2 Å². The van der Waals surface area contributed by atoms with Gasteiger partial charge in [0, 0.05) is 42.2 Å². The summed E-state index contributed by atoms with van der Waals surface area (Å²) in [6, 6.07) is 13.8. The van der Waals surface area contributed by atoms with Crippen LogP contribution in [-0.2, 0) is 14.8 Å². The first kappa shape index (κ1) is 21.7. The van der Waals surface area contributed by atoms with Crippen LogP contribution in [0.25, 0.3) is 12.2 Å². The first-order valence-electron chi connectivity index (χ1n) is 9.71. The number of hydrogen-bond donors (Lipinski definition) is 0. The molecule has 1 aromatic heterocycles. The summed E-state index contributed by atoms with van der Waals surface area (Å²) in [7, 11) is -4.04. The Kier molecular flexibility index (Phi) is 6.07. The third-order valence-electron chi connectivity index (χ3n) is 5.01. The van der Waals surface area contributed by atoms with E-state index in [4.69, 9.17) is 0 Å².